The summed E-state index contributed by atoms with van der Waals surface area (Å²) in [4.78, 5) is 17.5. The van der Waals surface area contributed by atoms with Gasteiger partial charge >= 0.3 is 0 Å². The maximum Gasteiger partial charge on any atom is 0.224 e. The molecule has 0 aliphatic rings. The minimum atomic E-state index is -0.301. The first-order chi connectivity index (χ1) is 12.9. The Balaban J connectivity index is 1.67. The van der Waals surface area contributed by atoms with Crippen molar-refractivity contribution in [2.24, 2.45) is 4.99 Å². The molecule has 5 nitrogen and oxygen atoms in total. The lowest BCUT2D eigenvalue weighted by atomic mass is 9.91. The molecule has 2 aromatic rings. The van der Waals surface area contributed by atoms with Crippen molar-refractivity contribution in [1.82, 2.24) is 16.0 Å². The summed E-state index contributed by atoms with van der Waals surface area (Å²) in [6.45, 7) is 6.18. The van der Waals surface area contributed by atoms with Crippen LogP contribution in [0.2, 0.25) is 0 Å². The Morgan fingerprint density at radius 2 is 1.81 bits per heavy atom. The van der Waals surface area contributed by atoms with Crippen LogP contribution in [0.4, 0.5) is 4.39 Å². The lowest BCUT2D eigenvalue weighted by molar-refractivity contribution is -0.120. The minimum absolute atomic E-state index is 0.00909. The van der Waals surface area contributed by atoms with Gasteiger partial charge in [-0.2, -0.15) is 0 Å². The van der Waals surface area contributed by atoms with Gasteiger partial charge in [-0.25, -0.2) is 4.39 Å². The number of guanidine groups is 1. The number of aliphatic imine (C=N–C) groups is 1. The number of carbonyl (C=O) groups excluding carboxylic acids is 1. The van der Waals surface area contributed by atoms with Crippen LogP contribution >= 0.6 is 11.3 Å². The number of carbonyl (C=O) groups is 1. The van der Waals surface area contributed by atoms with E-state index in [2.05, 4.69) is 52.3 Å². The summed E-state index contributed by atoms with van der Waals surface area (Å²) in [5.74, 6) is 0.307. The summed E-state index contributed by atoms with van der Waals surface area (Å²) >= 11 is 1.75. The Bertz CT molecular complexity index is 742. The first-order valence-electron chi connectivity index (χ1n) is 8.90. The third kappa shape index (κ3) is 7.02. The fourth-order valence-electron chi connectivity index (χ4n) is 2.51. The molecule has 27 heavy (non-hydrogen) atoms. The summed E-state index contributed by atoms with van der Waals surface area (Å²) in [5, 5.41) is 11.4. The topological polar surface area (TPSA) is 65.5 Å². The maximum absolute atomic E-state index is 12.9. The van der Waals surface area contributed by atoms with Crippen LogP contribution in [0.1, 0.15) is 24.3 Å². The molecular weight excluding hydrogens is 363 g/mol. The highest BCUT2D eigenvalue weighted by atomic mass is 32.1. The quantitative estimate of drug-likeness (QED) is 0.369. The Hall–Kier alpha value is -2.41. The predicted octanol–water partition coefficient (Wildman–Crippen LogP) is 2.69. The maximum atomic E-state index is 12.9. The van der Waals surface area contributed by atoms with Gasteiger partial charge in [0.15, 0.2) is 5.96 Å². The smallest absolute Gasteiger partial charge is 0.224 e. The third-order valence-electron chi connectivity index (χ3n) is 4.13. The van der Waals surface area contributed by atoms with Gasteiger partial charge in [-0.05, 0) is 29.1 Å². The molecule has 0 atom stereocenters. The first-order valence-corrected chi connectivity index (χ1v) is 9.78. The van der Waals surface area contributed by atoms with E-state index in [9.17, 15) is 9.18 Å². The van der Waals surface area contributed by atoms with Crippen LogP contribution in [0.5, 0.6) is 0 Å². The Labute approximate surface area is 164 Å². The van der Waals surface area contributed by atoms with E-state index >= 15 is 0 Å². The highest BCUT2D eigenvalue weighted by Crippen LogP contribution is 2.26. The van der Waals surface area contributed by atoms with Gasteiger partial charge in [0.25, 0.3) is 0 Å². The Morgan fingerprint density at radius 1 is 1.11 bits per heavy atom. The molecule has 1 amide bonds. The van der Waals surface area contributed by atoms with Crippen LogP contribution in [0, 0.1) is 5.82 Å². The molecule has 0 spiro atoms. The molecular formula is C20H27FN4OS. The number of hydrogen-bond acceptors (Lipinski definition) is 3. The van der Waals surface area contributed by atoms with Gasteiger partial charge in [-0.15, -0.1) is 11.3 Å². The lowest BCUT2D eigenvalue weighted by Gasteiger charge is -2.25. The van der Waals surface area contributed by atoms with Crippen molar-refractivity contribution >= 4 is 23.2 Å². The van der Waals surface area contributed by atoms with Crippen LogP contribution in [-0.4, -0.2) is 38.5 Å². The molecule has 0 fully saturated rings. The van der Waals surface area contributed by atoms with Crippen LogP contribution in [0.25, 0.3) is 0 Å². The average Bonchev–Trinajstić information content (AvgIpc) is 3.19. The third-order valence-corrected chi connectivity index (χ3v) is 5.36. The number of thiophene rings is 1. The van der Waals surface area contributed by atoms with Crippen molar-refractivity contribution in [1.29, 1.82) is 0 Å². The molecule has 0 bridgehead atoms. The number of rotatable bonds is 8. The lowest BCUT2D eigenvalue weighted by Crippen LogP contribution is -2.45. The number of amides is 1. The van der Waals surface area contributed by atoms with Crippen molar-refractivity contribution in [3.05, 3.63) is 58.0 Å². The van der Waals surface area contributed by atoms with Crippen LogP contribution < -0.4 is 16.0 Å². The van der Waals surface area contributed by atoms with E-state index in [-0.39, 0.29) is 23.6 Å². The fraction of sp³-hybridized carbons (Fsp3) is 0.400. The van der Waals surface area contributed by atoms with Gasteiger partial charge < -0.3 is 16.0 Å². The zero-order valence-electron chi connectivity index (χ0n) is 16.0. The summed E-state index contributed by atoms with van der Waals surface area (Å²) in [6.07, 6.45) is 0.238. The standard InChI is InChI=1S/C20H27FN4OS/c1-20(2,17-5-4-12-27-17)14-25-19(22-3)24-11-10-23-18(26)13-15-6-8-16(21)9-7-15/h4-9,12H,10-11,13-14H2,1-3H3,(H,23,26)(H2,22,24,25). The predicted molar refractivity (Wildman–Crippen MR) is 110 cm³/mol. The summed E-state index contributed by atoms with van der Waals surface area (Å²) in [7, 11) is 1.72. The van der Waals surface area contributed by atoms with E-state index in [1.807, 2.05) is 0 Å². The zero-order valence-corrected chi connectivity index (χ0v) is 16.8. The van der Waals surface area contributed by atoms with Gasteiger partial charge in [0, 0.05) is 37.0 Å². The summed E-state index contributed by atoms with van der Waals surface area (Å²) in [6, 6.07) is 10.2. The van der Waals surface area contributed by atoms with E-state index in [1.54, 1.807) is 30.5 Å². The van der Waals surface area contributed by atoms with Gasteiger partial charge in [-0.3, -0.25) is 9.79 Å². The van der Waals surface area contributed by atoms with Crippen LogP contribution in [0.3, 0.4) is 0 Å². The van der Waals surface area contributed by atoms with Gasteiger partial charge in [0.05, 0.1) is 6.42 Å². The Morgan fingerprint density at radius 3 is 2.44 bits per heavy atom. The van der Waals surface area contributed by atoms with Gasteiger partial charge in [-0.1, -0.05) is 32.0 Å². The number of halogens is 1. The zero-order chi connectivity index (χ0) is 19.7. The number of hydrogen-bond donors (Lipinski definition) is 3. The fourth-order valence-corrected chi connectivity index (χ4v) is 3.36. The molecule has 0 unspecified atom stereocenters. The van der Waals surface area contributed by atoms with Crippen LogP contribution in [0.15, 0.2) is 46.8 Å². The molecule has 0 aliphatic heterocycles. The molecule has 1 aromatic heterocycles. The van der Waals surface area contributed by atoms with Crippen molar-refractivity contribution in [3.8, 4) is 0 Å². The molecule has 1 aromatic carbocycles. The monoisotopic (exact) mass is 390 g/mol. The Kier molecular flexibility index (Phi) is 7.79. The summed E-state index contributed by atoms with van der Waals surface area (Å²) in [5.41, 5.74) is 0.796. The highest BCUT2D eigenvalue weighted by molar-refractivity contribution is 7.10. The number of nitrogens with one attached hydrogen (secondary N) is 3. The largest absolute Gasteiger partial charge is 0.356 e. The van der Waals surface area contributed by atoms with E-state index < -0.39 is 0 Å². The normalized spacial score (nSPS) is 11.9. The van der Waals surface area contributed by atoms with E-state index in [4.69, 9.17) is 0 Å². The second-order valence-electron chi connectivity index (χ2n) is 6.87. The molecule has 0 saturated carbocycles. The minimum Gasteiger partial charge on any atom is -0.356 e. The second-order valence-corrected chi connectivity index (χ2v) is 7.81. The summed E-state index contributed by atoms with van der Waals surface area (Å²) < 4.78 is 12.9. The van der Waals surface area contributed by atoms with Crippen LogP contribution in [-0.2, 0) is 16.6 Å². The highest BCUT2D eigenvalue weighted by Gasteiger charge is 2.21. The molecule has 2 rings (SSSR count). The molecule has 146 valence electrons. The van der Waals surface area contributed by atoms with Crippen molar-refractivity contribution < 1.29 is 9.18 Å². The van der Waals surface area contributed by atoms with Crippen molar-refractivity contribution in [2.75, 3.05) is 26.7 Å². The van der Waals surface area contributed by atoms with Crippen molar-refractivity contribution in [2.45, 2.75) is 25.7 Å². The number of benzene rings is 1. The molecule has 1 heterocycles. The average molecular weight is 391 g/mol. The van der Waals surface area contributed by atoms with Gasteiger partial charge in [0.1, 0.15) is 5.82 Å². The van der Waals surface area contributed by atoms with Gasteiger partial charge in [0.2, 0.25) is 5.91 Å². The van der Waals surface area contributed by atoms with E-state index in [1.165, 1.54) is 17.0 Å². The molecule has 3 N–H and O–H groups in total. The molecule has 7 heteroatoms. The molecule has 0 saturated heterocycles. The van der Waals surface area contributed by atoms with E-state index in [0.29, 0.717) is 19.0 Å². The molecule has 0 aliphatic carbocycles. The van der Waals surface area contributed by atoms with E-state index in [0.717, 1.165) is 12.1 Å². The second kappa shape index (κ2) is 10.1. The van der Waals surface area contributed by atoms with Crippen molar-refractivity contribution in [3.63, 3.8) is 0 Å². The number of nitrogens with zero attached hydrogens (tertiary/aromatic N) is 1. The SMILES string of the molecule is CN=C(NCCNC(=O)Cc1ccc(F)cc1)NCC(C)(C)c1cccs1. The first kappa shape index (κ1) is 20.9. The molecule has 0 radical (unpaired) electrons.